The third-order valence-electron chi connectivity index (χ3n) is 3.04. The minimum absolute atomic E-state index is 0.00566. The van der Waals surface area contributed by atoms with Crippen molar-refractivity contribution >= 4 is 44.9 Å². The van der Waals surface area contributed by atoms with E-state index in [0.29, 0.717) is 21.5 Å². The number of hydrogen-bond donors (Lipinski definition) is 2. The first kappa shape index (κ1) is 15.7. The van der Waals surface area contributed by atoms with Crippen LogP contribution in [0, 0.1) is 5.82 Å². The fraction of sp³-hybridized carbons (Fsp3) is 0.0667. The van der Waals surface area contributed by atoms with Crippen molar-refractivity contribution < 1.29 is 18.7 Å². The maximum atomic E-state index is 13.7. The standard InChI is InChI=1S/C15H10BrFN2O3S/c16-9-2-3-11(10(17)6-9)18-15(23)19-14(20)8-1-4-12-13(5-8)22-7-21-12/h1-6H,7H2,(H2,18,19,20,23). The lowest BCUT2D eigenvalue weighted by molar-refractivity contribution is 0.0977. The zero-order valence-corrected chi connectivity index (χ0v) is 14.0. The molecule has 2 N–H and O–H groups in total. The van der Waals surface area contributed by atoms with Crippen LogP contribution in [0.25, 0.3) is 0 Å². The van der Waals surface area contributed by atoms with E-state index in [1.165, 1.54) is 12.1 Å². The quantitative estimate of drug-likeness (QED) is 0.761. The number of hydrogen-bond acceptors (Lipinski definition) is 4. The second-order valence-corrected chi connectivity index (χ2v) is 5.92. The molecule has 0 spiro atoms. The van der Waals surface area contributed by atoms with Gasteiger partial charge < -0.3 is 14.8 Å². The van der Waals surface area contributed by atoms with E-state index in [-0.39, 0.29) is 17.6 Å². The molecule has 5 nitrogen and oxygen atoms in total. The second kappa shape index (κ2) is 6.51. The van der Waals surface area contributed by atoms with Crippen LogP contribution in [0.3, 0.4) is 0 Å². The van der Waals surface area contributed by atoms with E-state index >= 15 is 0 Å². The molecule has 0 fully saturated rings. The molecule has 2 aromatic carbocycles. The number of benzene rings is 2. The SMILES string of the molecule is O=C(NC(=S)Nc1ccc(Br)cc1F)c1ccc2c(c1)OCO2. The van der Waals surface area contributed by atoms with Crippen LogP contribution < -0.4 is 20.1 Å². The molecule has 0 unspecified atom stereocenters. The van der Waals surface area contributed by atoms with Gasteiger partial charge in [-0.05, 0) is 48.6 Å². The third-order valence-corrected chi connectivity index (χ3v) is 3.74. The molecule has 23 heavy (non-hydrogen) atoms. The van der Waals surface area contributed by atoms with Crippen molar-refractivity contribution in [1.82, 2.24) is 5.32 Å². The van der Waals surface area contributed by atoms with E-state index in [1.54, 1.807) is 24.3 Å². The maximum absolute atomic E-state index is 13.7. The molecule has 0 aromatic heterocycles. The van der Waals surface area contributed by atoms with Crippen molar-refractivity contribution in [1.29, 1.82) is 0 Å². The van der Waals surface area contributed by atoms with E-state index in [4.69, 9.17) is 21.7 Å². The van der Waals surface area contributed by atoms with Crippen LogP contribution in [0.2, 0.25) is 0 Å². The number of ether oxygens (including phenoxy) is 2. The molecule has 2 aromatic rings. The van der Waals surface area contributed by atoms with Crippen LogP contribution in [-0.4, -0.2) is 17.8 Å². The topological polar surface area (TPSA) is 59.6 Å². The Hall–Kier alpha value is -2.19. The number of halogens is 2. The molecule has 0 atom stereocenters. The Balaban J connectivity index is 1.66. The van der Waals surface area contributed by atoms with Gasteiger partial charge in [-0.1, -0.05) is 15.9 Å². The molecule has 1 aliphatic rings. The maximum Gasteiger partial charge on any atom is 0.257 e. The van der Waals surface area contributed by atoms with Crippen LogP contribution in [0.4, 0.5) is 10.1 Å². The van der Waals surface area contributed by atoms with Crippen molar-refractivity contribution in [2.45, 2.75) is 0 Å². The molecule has 1 amide bonds. The summed E-state index contributed by atoms with van der Waals surface area (Å²) < 4.78 is 24.7. The summed E-state index contributed by atoms with van der Waals surface area (Å²) in [6.45, 7) is 0.128. The van der Waals surface area contributed by atoms with Crippen molar-refractivity contribution in [3.8, 4) is 11.5 Å². The predicted octanol–water partition coefficient (Wildman–Crippen LogP) is 3.44. The Morgan fingerprint density at radius 3 is 2.74 bits per heavy atom. The number of fused-ring (bicyclic) bond motifs is 1. The summed E-state index contributed by atoms with van der Waals surface area (Å²) in [6.07, 6.45) is 0. The highest BCUT2D eigenvalue weighted by molar-refractivity contribution is 9.10. The lowest BCUT2D eigenvalue weighted by Crippen LogP contribution is -2.34. The van der Waals surface area contributed by atoms with Gasteiger partial charge >= 0.3 is 0 Å². The van der Waals surface area contributed by atoms with Gasteiger partial charge in [-0.3, -0.25) is 10.1 Å². The van der Waals surface area contributed by atoms with E-state index in [9.17, 15) is 9.18 Å². The summed E-state index contributed by atoms with van der Waals surface area (Å²) >= 11 is 8.19. The number of nitrogens with one attached hydrogen (secondary N) is 2. The zero-order valence-electron chi connectivity index (χ0n) is 11.6. The number of thiocarbonyl (C=S) groups is 1. The number of carbonyl (C=O) groups is 1. The van der Waals surface area contributed by atoms with Crippen LogP contribution in [-0.2, 0) is 0 Å². The van der Waals surface area contributed by atoms with E-state index < -0.39 is 11.7 Å². The van der Waals surface area contributed by atoms with Crippen molar-refractivity contribution in [3.63, 3.8) is 0 Å². The number of amides is 1. The summed E-state index contributed by atoms with van der Waals surface area (Å²) in [5.74, 6) is 0.159. The van der Waals surface area contributed by atoms with Crippen LogP contribution in [0.5, 0.6) is 11.5 Å². The van der Waals surface area contributed by atoms with Gasteiger partial charge in [0.05, 0.1) is 5.69 Å². The summed E-state index contributed by atoms with van der Waals surface area (Å²) in [4.78, 5) is 12.1. The third kappa shape index (κ3) is 3.59. The lowest BCUT2D eigenvalue weighted by Gasteiger charge is -2.10. The van der Waals surface area contributed by atoms with Crippen molar-refractivity contribution in [2.75, 3.05) is 12.1 Å². The van der Waals surface area contributed by atoms with Gasteiger partial charge in [0.2, 0.25) is 6.79 Å². The Morgan fingerprint density at radius 1 is 1.17 bits per heavy atom. The summed E-state index contributed by atoms with van der Waals surface area (Å²) in [6, 6.07) is 9.25. The fourth-order valence-corrected chi connectivity index (χ4v) is 2.49. The molecular weight excluding hydrogens is 387 g/mol. The van der Waals surface area contributed by atoms with Gasteiger partial charge in [-0.2, -0.15) is 0 Å². The molecule has 0 saturated heterocycles. The molecule has 3 rings (SSSR count). The predicted molar refractivity (Wildman–Crippen MR) is 90.4 cm³/mol. The second-order valence-electron chi connectivity index (χ2n) is 4.60. The highest BCUT2D eigenvalue weighted by Crippen LogP contribution is 2.32. The number of carbonyl (C=O) groups excluding carboxylic acids is 1. The van der Waals surface area contributed by atoms with Crippen molar-refractivity contribution in [2.24, 2.45) is 0 Å². The molecule has 0 saturated carbocycles. The highest BCUT2D eigenvalue weighted by atomic mass is 79.9. The normalized spacial score (nSPS) is 11.9. The molecular formula is C15H10BrFN2O3S. The average molecular weight is 397 g/mol. The molecule has 1 heterocycles. The fourth-order valence-electron chi connectivity index (χ4n) is 1.96. The number of rotatable bonds is 2. The van der Waals surface area contributed by atoms with E-state index in [0.717, 1.165) is 0 Å². The van der Waals surface area contributed by atoms with Gasteiger partial charge in [0, 0.05) is 10.0 Å². The molecule has 1 aliphatic heterocycles. The molecule has 0 aliphatic carbocycles. The molecule has 0 radical (unpaired) electrons. The first-order chi connectivity index (χ1) is 11.0. The first-order valence-electron chi connectivity index (χ1n) is 6.50. The van der Waals surface area contributed by atoms with Gasteiger partial charge in [-0.25, -0.2) is 4.39 Å². The zero-order chi connectivity index (χ0) is 16.4. The van der Waals surface area contributed by atoms with E-state index in [2.05, 4.69) is 26.6 Å². The Bertz CT molecular complexity index is 800. The van der Waals surface area contributed by atoms with Crippen LogP contribution in [0.15, 0.2) is 40.9 Å². The minimum Gasteiger partial charge on any atom is -0.454 e. The average Bonchev–Trinajstić information content (AvgIpc) is 2.97. The minimum atomic E-state index is -0.487. The number of anilines is 1. The van der Waals surface area contributed by atoms with Gasteiger partial charge in [0.1, 0.15) is 5.82 Å². The van der Waals surface area contributed by atoms with Gasteiger partial charge in [0.25, 0.3) is 5.91 Å². The van der Waals surface area contributed by atoms with Crippen molar-refractivity contribution in [3.05, 3.63) is 52.3 Å². The molecule has 0 bridgehead atoms. The smallest absolute Gasteiger partial charge is 0.257 e. The Morgan fingerprint density at radius 2 is 1.96 bits per heavy atom. The highest BCUT2D eigenvalue weighted by Gasteiger charge is 2.17. The Labute approximate surface area is 144 Å². The summed E-state index contributed by atoms with van der Waals surface area (Å²) in [7, 11) is 0. The summed E-state index contributed by atoms with van der Waals surface area (Å²) in [5, 5.41) is 5.12. The summed E-state index contributed by atoms with van der Waals surface area (Å²) in [5.41, 5.74) is 0.527. The monoisotopic (exact) mass is 396 g/mol. The van der Waals surface area contributed by atoms with E-state index in [1.807, 2.05) is 0 Å². The first-order valence-corrected chi connectivity index (χ1v) is 7.70. The Kier molecular flexibility index (Phi) is 4.44. The van der Waals surface area contributed by atoms with Crippen LogP contribution >= 0.6 is 28.1 Å². The molecule has 8 heteroatoms. The largest absolute Gasteiger partial charge is 0.454 e. The van der Waals surface area contributed by atoms with Crippen LogP contribution in [0.1, 0.15) is 10.4 Å². The molecule has 118 valence electrons. The van der Waals surface area contributed by atoms with Gasteiger partial charge in [0.15, 0.2) is 16.6 Å². The lowest BCUT2D eigenvalue weighted by atomic mass is 10.2. The van der Waals surface area contributed by atoms with Gasteiger partial charge in [-0.15, -0.1) is 0 Å².